The van der Waals surface area contributed by atoms with Crippen LogP contribution in [0.25, 0.3) is 11.1 Å². The first kappa shape index (κ1) is 15.9. The third kappa shape index (κ3) is 2.59. The van der Waals surface area contributed by atoms with Gasteiger partial charge in [0.15, 0.2) is 0 Å². The molecule has 3 heterocycles. The van der Waals surface area contributed by atoms with Gasteiger partial charge in [-0.05, 0) is 38.7 Å². The SMILES string of the molecule is CC1(C)OB(c2ccc(-c3cnn(C4COC4)c3)cc2)OC1(C)C. The van der Waals surface area contributed by atoms with Gasteiger partial charge in [0.2, 0.25) is 0 Å². The predicted octanol–water partition coefficient (Wildman–Crippen LogP) is 2.42. The number of benzene rings is 1. The summed E-state index contributed by atoms with van der Waals surface area (Å²) in [4.78, 5) is 0. The first-order chi connectivity index (χ1) is 11.4. The Hall–Kier alpha value is -1.63. The zero-order valence-corrected chi connectivity index (χ0v) is 14.7. The van der Waals surface area contributed by atoms with Gasteiger partial charge in [0.05, 0.1) is 36.7 Å². The molecule has 1 aromatic heterocycles. The standard InChI is InChI=1S/C18H23BN2O3/c1-17(2)18(3,4)24-19(23-17)15-7-5-13(6-8-15)14-9-20-21(10-14)16-11-22-12-16/h5-10,16H,11-12H2,1-4H3. The van der Waals surface area contributed by atoms with E-state index >= 15 is 0 Å². The molecule has 24 heavy (non-hydrogen) atoms. The maximum atomic E-state index is 6.10. The van der Waals surface area contributed by atoms with Crippen LogP contribution in [0.3, 0.4) is 0 Å². The summed E-state index contributed by atoms with van der Waals surface area (Å²) >= 11 is 0. The molecule has 0 bridgehead atoms. The topological polar surface area (TPSA) is 45.5 Å². The Balaban J connectivity index is 1.52. The molecule has 0 aliphatic carbocycles. The second-order valence-corrected chi connectivity index (χ2v) is 7.61. The van der Waals surface area contributed by atoms with Crippen molar-refractivity contribution in [3.05, 3.63) is 36.7 Å². The Labute approximate surface area is 143 Å². The van der Waals surface area contributed by atoms with Crippen LogP contribution in [0.2, 0.25) is 0 Å². The monoisotopic (exact) mass is 326 g/mol. The van der Waals surface area contributed by atoms with Crippen molar-refractivity contribution in [2.45, 2.75) is 44.9 Å². The van der Waals surface area contributed by atoms with Crippen molar-refractivity contribution in [2.75, 3.05) is 13.2 Å². The third-order valence-electron chi connectivity index (χ3n) is 5.37. The summed E-state index contributed by atoms with van der Waals surface area (Å²) in [7, 11) is -0.320. The van der Waals surface area contributed by atoms with E-state index in [-0.39, 0.29) is 18.3 Å². The Kier molecular flexibility index (Phi) is 3.60. The van der Waals surface area contributed by atoms with Crippen LogP contribution in [0, 0.1) is 0 Å². The van der Waals surface area contributed by atoms with E-state index in [1.54, 1.807) is 0 Å². The molecule has 2 aliphatic heterocycles. The first-order valence-electron chi connectivity index (χ1n) is 8.44. The van der Waals surface area contributed by atoms with E-state index in [1.165, 1.54) is 0 Å². The van der Waals surface area contributed by atoms with Gasteiger partial charge < -0.3 is 14.0 Å². The van der Waals surface area contributed by atoms with Gasteiger partial charge in [-0.25, -0.2) is 0 Å². The van der Waals surface area contributed by atoms with Gasteiger partial charge in [0.1, 0.15) is 0 Å². The Morgan fingerprint density at radius 3 is 2.17 bits per heavy atom. The largest absolute Gasteiger partial charge is 0.494 e. The first-order valence-corrected chi connectivity index (χ1v) is 8.44. The minimum atomic E-state index is -0.320. The van der Waals surface area contributed by atoms with Gasteiger partial charge >= 0.3 is 7.12 Å². The van der Waals surface area contributed by atoms with Crippen LogP contribution in [0.15, 0.2) is 36.7 Å². The molecule has 0 N–H and O–H groups in total. The van der Waals surface area contributed by atoms with Gasteiger partial charge in [-0.1, -0.05) is 24.3 Å². The smallest absolute Gasteiger partial charge is 0.399 e. The van der Waals surface area contributed by atoms with Crippen molar-refractivity contribution in [1.82, 2.24) is 9.78 Å². The summed E-state index contributed by atoms with van der Waals surface area (Å²) < 4.78 is 19.4. The Morgan fingerprint density at radius 2 is 1.62 bits per heavy atom. The van der Waals surface area contributed by atoms with Gasteiger partial charge in [-0.2, -0.15) is 5.10 Å². The summed E-state index contributed by atoms with van der Waals surface area (Å²) in [5.41, 5.74) is 2.66. The lowest BCUT2D eigenvalue weighted by Crippen LogP contribution is -2.41. The van der Waals surface area contributed by atoms with Crippen molar-refractivity contribution in [2.24, 2.45) is 0 Å². The van der Waals surface area contributed by atoms with Crippen molar-refractivity contribution in [3.63, 3.8) is 0 Å². The molecule has 126 valence electrons. The normalized spacial score (nSPS) is 22.6. The lowest BCUT2D eigenvalue weighted by molar-refractivity contribution is -0.0286. The van der Waals surface area contributed by atoms with Crippen molar-refractivity contribution >= 4 is 12.6 Å². The molecule has 2 fully saturated rings. The molecule has 2 saturated heterocycles. The molecular weight excluding hydrogens is 303 g/mol. The van der Waals surface area contributed by atoms with Crippen LogP contribution >= 0.6 is 0 Å². The number of hydrogen-bond acceptors (Lipinski definition) is 4. The summed E-state index contributed by atoms with van der Waals surface area (Å²) in [5.74, 6) is 0. The molecule has 4 rings (SSSR count). The van der Waals surface area contributed by atoms with Gasteiger partial charge in [-0.3, -0.25) is 4.68 Å². The fourth-order valence-electron chi connectivity index (χ4n) is 2.87. The van der Waals surface area contributed by atoms with Crippen molar-refractivity contribution < 1.29 is 14.0 Å². The van der Waals surface area contributed by atoms with E-state index in [0.717, 1.165) is 29.8 Å². The number of aromatic nitrogens is 2. The Morgan fingerprint density at radius 1 is 1.00 bits per heavy atom. The predicted molar refractivity (Wildman–Crippen MR) is 93.2 cm³/mol. The summed E-state index contributed by atoms with van der Waals surface area (Å²) in [6, 6.07) is 8.71. The minimum absolute atomic E-state index is 0.317. The number of ether oxygens (including phenoxy) is 1. The highest BCUT2D eigenvalue weighted by atomic mass is 16.7. The second-order valence-electron chi connectivity index (χ2n) is 7.61. The van der Waals surface area contributed by atoms with E-state index < -0.39 is 0 Å². The number of rotatable bonds is 3. The summed E-state index contributed by atoms with van der Waals surface area (Å²) in [5, 5.41) is 4.44. The minimum Gasteiger partial charge on any atom is -0.399 e. The molecule has 0 radical (unpaired) electrons. The molecule has 2 aromatic rings. The lowest BCUT2D eigenvalue weighted by atomic mass is 9.78. The van der Waals surface area contributed by atoms with E-state index in [1.807, 2.05) is 10.9 Å². The second kappa shape index (κ2) is 5.44. The van der Waals surface area contributed by atoms with Crippen molar-refractivity contribution in [3.8, 4) is 11.1 Å². The molecule has 2 aliphatic rings. The Bertz CT molecular complexity index is 719. The number of hydrogen-bond donors (Lipinski definition) is 0. The van der Waals surface area contributed by atoms with Crippen LogP contribution in [0.4, 0.5) is 0 Å². The van der Waals surface area contributed by atoms with Crippen LogP contribution in [-0.2, 0) is 14.0 Å². The third-order valence-corrected chi connectivity index (χ3v) is 5.37. The highest BCUT2D eigenvalue weighted by Gasteiger charge is 2.51. The van der Waals surface area contributed by atoms with Crippen molar-refractivity contribution in [1.29, 1.82) is 0 Å². The average Bonchev–Trinajstić information content (AvgIpc) is 3.01. The molecule has 0 amide bonds. The summed E-state index contributed by atoms with van der Waals surface area (Å²) in [6.45, 7) is 9.78. The summed E-state index contributed by atoms with van der Waals surface area (Å²) in [6.07, 6.45) is 3.99. The average molecular weight is 326 g/mol. The fraction of sp³-hybridized carbons (Fsp3) is 0.500. The maximum Gasteiger partial charge on any atom is 0.494 e. The number of nitrogens with zero attached hydrogens (tertiary/aromatic N) is 2. The van der Waals surface area contributed by atoms with Crippen LogP contribution < -0.4 is 5.46 Å². The quantitative estimate of drug-likeness (QED) is 0.813. The van der Waals surface area contributed by atoms with Crippen LogP contribution in [-0.4, -0.2) is 41.3 Å². The lowest BCUT2D eigenvalue weighted by Gasteiger charge is -2.32. The van der Waals surface area contributed by atoms with E-state index in [4.69, 9.17) is 14.0 Å². The molecule has 6 heteroatoms. The zero-order chi connectivity index (χ0) is 16.9. The zero-order valence-electron chi connectivity index (χ0n) is 14.7. The molecule has 0 unspecified atom stereocenters. The van der Waals surface area contributed by atoms with E-state index in [0.29, 0.717) is 6.04 Å². The van der Waals surface area contributed by atoms with Crippen LogP contribution in [0.5, 0.6) is 0 Å². The van der Waals surface area contributed by atoms with Gasteiger partial charge in [0.25, 0.3) is 0 Å². The van der Waals surface area contributed by atoms with Gasteiger partial charge in [0, 0.05) is 11.8 Å². The van der Waals surface area contributed by atoms with E-state index in [2.05, 4.69) is 63.3 Å². The fourth-order valence-corrected chi connectivity index (χ4v) is 2.87. The molecule has 0 spiro atoms. The molecule has 1 aromatic carbocycles. The van der Waals surface area contributed by atoms with Crippen LogP contribution in [0.1, 0.15) is 33.7 Å². The molecule has 0 atom stereocenters. The maximum absolute atomic E-state index is 6.10. The molecule has 5 nitrogen and oxygen atoms in total. The highest BCUT2D eigenvalue weighted by molar-refractivity contribution is 6.62. The van der Waals surface area contributed by atoms with E-state index in [9.17, 15) is 0 Å². The highest BCUT2D eigenvalue weighted by Crippen LogP contribution is 2.36. The van der Waals surface area contributed by atoms with Gasteiger partial charge in [-0.15, -0.1) is 0 Å². The molecular formula is C18H23BN2O3. The molecule has 0 saturated carbocycles.